The number of hydrogen-bond donors (Lipinski definition) is 2. The maximum Gasteiger partial charge on any atom is 0.223 e. The minimum atomic E-state index is -0.468. The molecular weight excluding hydrogens is 331 g/mol. The Morgan fingerprint density at radius 3 is 2.35 bits per heavy atom. The molecule has 0 amide bonds. The van der Waals surface area contributed by atoms with Crippen LogP contribution in [0.2, 0.25) is 0 Å². The van der Waals surface area contributed by atoms with Crippen LogP contribution in [0, 0.1) is 5.82 Å². The van der Waals surface area contributed by atoms with E-state index in [1.807, 2.05) is 24.3 Å². The van der Waals surface area contributed by atoms with E-state index in [9.17, 15) is 9.50 Å². The Bertz CT molecular complexity index is 1040. The number of nitrogens with zero attached hydrogens (tertiary/aromatic N) is 3. The van der Waals surface area contributed by atoms with Crippen LogP contribution in [0.25, 0.3) is 10.9 Å². The maximum atomic E-state index is 13.4. The molecule has 0 fully saturated rings. The molecule has 26 heavy (non-hydrogen) atoms. The summed E-state index contributed by atoms with van der Waals surface area (Å²) in [6.45, 7) is 0. The minimum absolute atomic E-state index is 0.0702. The summed E-state index contributed by atoms with van der Waals surface area (Å²) in [4.78, 5) is 12.6. The molecule has 128 valence electrons. The Labute approximate surface area is 149 Å². The summed E-state index contributed by atoms with van der Waals surface area (Å²) in [7, 11) is 0. The fourth-order valence-electron chi connectivity index (χ4n) is 2.88. The van der Waals surface area contributed by atoms with Crippen molar-refractivity contribution in [2.24, 2.45) is 0 Å². The summed E-state index contributed by atoms with van der Waals surface area (Å²) in [6, 6.07) is 14.8. The highest BCUT2D eigenvalue weighted by molar-refractivity contribution is 5.85. The number of fused-ring (bicyclic) bond motifs is 1. The maximum absolute atomic E-state index is 13.4. The number of aromatic nitrogens is 3. The smallest absolute Gasteiger partial charge is 0.223 e. The second-order valence-electron chi connectivity index (χ2n) is 5.78. The number of phenols is 1. The molecule has 1 atom stereocenters. The van der Waals surface area contributed by atoms with Gasteiger partial charge in [-0.25, -0.2) is 14.4 Å². The van der Waals surface area contributed by atoms with Crippen molar-refractivity contribution in [3.63, 3.8) is 0 Å². The molecule has 0 aliphatic heterocycles. The van der Waals surface area contributed by atoms with E-state index in [1.165, 1.54) is 12.1 Å². The topological polar surface area (TPSA) is 70.9 Å². The van der Waals surface area contributed by atoms with Gasteiger partial charge in [0, 0.05) is 29.5 Å². The number of nitrogens with one attached hydrogen (secondary N) is 1. The molecule has 0 saturated heterocycles. The molecule has 4 aromatic rings. The van der Waals surface area contributed by atoms with E-state index in [-0.39, 0.29) is 11.6 Å². The van der Waals surface area contributed by atoms with E-state index in [0.29, 0.717) is 17.0 Å². The molecule has 2 N–H and O–H groups in total. The zero-order valence-electron chi connectivity index (χ0n) is 13.7. The third-order valence-corrected chi connectivity index (χ3v) is 4.13. The van der Waals surface area contributed by atoms with Crippen LogP contribution >= 0.6 is 0 Å². The summed E-state index contributed by atoms with van der Waals surface area (Å²) < 4.78 is 13.4. The molecule has 0 saturated carbocycles. The van der Waals surface area contributed by atoms with Crippen molar-refractivity contribution >= 4 is 16.9 Å². The first kappa shape index (κ1) is 16.0. The largest absolute Gasteiger partial charge is 0.505 e. The predicted molar refractivity (Wildman–Crippen MR) is 97.3 cm³/mol. The predicted octanol–water partition coefficient (Wildman–Crippen LogP) is 4.07. The third-order valence-electron chi connectivity index (χ3n) is 4.13. The molecule has 2 heterocycles. The van der Waals surface area contributed by atoms with Gasteiger partial charge in [-0.15, -0.1) is 0 Å². The molecule has 0 spiro atoms. The molecule has 2 aromatic heterocycles. The standard InChI is InChI=1S/C20H15FN4O/c21-15-7-4-14(5-8-15)17(25-20-23-11-2-12-24-20)16-9-6-13-3-1-10-22-18(13)19(16)26/h1-12,17,26H,(H,23,24,25)/t17-/m0/s1. The van der Waals surface area contributed by atoms with Gasteiger partial charge in [-0.1, -0.05) is 30.3 Å². The zero-order valence-corrected chi connectivity index (χ0v) is 13.7. The molecule has 0 unspecified atom stereocenters. The summed E-state index contributed by atoms with van der Waals surface area (Å²) in [6.07, 6.45) is 4.88. The van der Waals surface area contributed by atoms with Crippen molar-refractivity contribution in [1.29, 1.82) is 0 Å². The van der Waals surface area contributed by atoms with Crippen LogP contribution in [0.4, 0.5) is 10.3 Å². The van der Waals surface area contributed by atoms with Crippen molar-refractivity contribution in [3.8, 4) is 5.75 Å². The van der Waals surface area contributed by atoms with Crippen molar-refractivity contribution in [1.82, 2.24) is 15.0 Å². The summed E-state index contributed by atoms with van der Waals surface area (Å²) >= 11 is 0. The lowest BCUT2D eigenvalue weighted by molar-refractivity contribution is 0.471. The van der Waals surface area contributed by atoms with Gasteiger partial charge in [0.15, 0.2) is 0 Å². The average molecular weight is 346 g/mol. The molecular formula is C20H15FN4O. The second-order valence-corrected chi connectivity index (χ2v) is 5.78. The monoisotopic (exact) mass is 346 g/mol. The Hall–Kier alpha value is -3.54. The molecule has 5 nitrogen and oxygen atoms in total. The molecule has 2 aromatic carbocycles. The number of anilines is 1. The zero-order chi connectivity index (χ0) is 17.9. The van der Waals surface area contributed by atoms with Gasteiger partial charge < -0.3 is 10.4 Å². The molecule has 0 radical (unpaired) electrons. The second kappa shape index (κ2) is 6.76. The molecule has 0 aliphatic rings. The molecule has 4 rings (SSSR count). The van der Waals surface area contributed by atoms with Crippen molar-refractivity contribution in [2.75, 3.05) is 5.32 Å². The number of benzene rings is 2. The van der Waals surface area contributed by atoms with Crippen molar-refractivity contribution in [3.05, 3.63) is 90.1 Å². The first-order chi connectivity index (χ1) is 12.7. The van der Waals surface area contributed by atoms with Crippen LogP contribution in [0.5, 0.6) is 5.75 Å². The van der Waals surface area contributed by atoms with E-state index >= 15 is 0 Å². The quantitative estimate of drug-likeness (QED) is 0.583. The highest BCUT2D eigenvalue weighted by atomic mass is 19.1. The normalized spacial score (nSPS) is 12.0. The number of rotatable bonds is 4. The van der Waals surface area contributed by atoms with E-state index in [0.717, 1.165) is 10.9 Å². The van der Waals surface area contributed by atoms with Gasteiger partial charge in [0.1, 0.15) is 17.1 Å². The van der Waals surface area contributed by atoms with Crippen LogP contribution in [-0.2, 0) is 0 Å². The van der Waals surface area contributed by atoms with E-state index in [1.54, 1.807) is 36.8 Å². The summed E-state index contributed by atoms with van der Waals surface area (Å²) in [5.74, 6) is 0.149. The Morgan fingerprint density at radius 2 is 1.58 bits per heavy atom. The highest BCUT2D eigenvalue weighted by Crippen LogP contribution is 2.35. The molecule has 6 heteroatoms. The van der Waals surface area contributed by atoms with Crippen LogP contribution in [0.3, 0.4) is 0 Å². The fraction of sp³-hybridized carbons (Fsp3) is 0.0500. The third kappa shape index (κ3) is 3.04. The van der Waals surface area contributed by atoms with Gasteiger partial charge >= 0.3 is 0 Å². The lowest BCUT2D eigenvalue weighted by Crippen LogP contribution is -2.14. The van der Waals surface area contributed by atoms with Crippen LogP contribution in [-0.4, -0.2) is 20.1 Å². The number of hydrogen-bond acceptors (Lipinski definition) is 5. The first-order valence-electron chi connectivity index (χ1n) is 8.08. The summed E-state index contributed by atoms with van der Waals surface area (Å²) in [5.41, 5.74) is 1.88. The lowest BCUT2D eigenvalue weighted by Gasteiger charge is -2.21. The number of phenolic OH excluding ortho intramolecular Hbond substituents is 1. The number of halogens is 1. The Kier molecular flexibility index (Phi) is 4.15. The molecule has 0 bridgehead atoms. The number of pyridine rings is 1. The first-order valence-corrected chi connectivity index (χ1v) is 8.08. The average Bonchev–Trinajstić information content (AvgIpc) is 2.69. The van der Waals surface area contributed by atoms with Crippen molar-refractivity contribution in [2.45, 2.75) is 6.04 Å². The molecule has 0 aliphatic carbocycles. The number of aromatic hydroxyl groups is 1. The highest BCUT2D eigenvalue weighted by Gasteiger charge is 2.20. The van der Waals surface area contributed by atoms with Crippen molar-refractivity contribution < 1.29 is 9.50 Å². The van der Waals surface area contributed by atoms with Gasteiger partial charge in [-0.05, 0) is 29.8 Å². The van der Waals surface area contributed by atoms with Crippen LogP contribution < -0.4 is 5.32 Å². The summed E-state index contributed by atoms with van der Waals surface area (Å²) in [5, 5.41) is 14.8. The van der Waals surface area contributed by atoms with Crippen LogP contribution in [0.15, 0.2) is 73.2 Å². The van der Waals surface area contributed by atoms with Gasteiger partial charge in [-0.2, -0.15) is 0 Å². The van der Waals surface area contributed by atoms with Gasteiger partial charge in [0.2, 0.25) is 5.95 Å². The van der Waals surface area contributed by atoms with E-state index < -0.39 is 6.04 Å². The van der Waals surface area contributed by atoms with Gasteiger partial charge in [0.25, 0.3) is 0 Å². The SMILES string of the molecule is Oc1c([C@@H](Nc2ncccn2)c2ccc(F)cc2)ccc2cccnc12. The van der Waals surface area contributed by atoms with E-state index in [2.05, 4.69) is 20.3 Å². The van der Waals surface area contributed by atoms with E-state index in [4.69, 9.17) is 0 Å². The van der Waals surface area contributed by atoms with Crippen LogP contribution in [0.1, 0.15) is 17.2 Å². The van der Waals surface area contributed by atoms with Gasteiger partial charge in [-0.3, -0.25) is 4.98 Å². The Balaban J connectivity index is 1.84. The Morgan fingerprint density at radius 1 is 0.846 bits per heavy atom. The minimum Gasteiger partial charge on any atom is -0.505 e. The van der Waals surface area contributed by atoms with Gasteiger partial charge in [0.05, 0.1) is 6.04 Å². The lowest BCUT2D eigenvalue weighted by atomic mass is 9.96. The fourth-order valence-corrected chi connectivity index (χ4v) is 2.88.